The minimum absolute atomic E-state index is 0.342. The van der Waals surface area contributed by atoms with Crippen LogP contribution in [0.1, 0.15) is 21.5 Å². The Morgan fingerprint density at radius 3 is 2.55 bits per heavy atom. The molecule has 0 atom stereocenters. The maximum absolute atomic E-state index is 14.0. The summed E-state index contributed by atoms with van der Waals surface area (Å²) in [6.07, 6.45) is 1.79. The summed E-state index contributed by atoms with van der Waals surface area (Å²) in [5.74, 6) is -0.806. The van der Waals surface area contributed by atoms with Gasteiger partial charge in [-0.05, 0) is 30.7 Å². The first kappa shape index (κ1) is 14.3. The van der Waals surface area contributed by atoms with E-state index in [0.29, 0.717) is 23.0 Å². The second-order valence-electron chi connectivity index (χ2n) is 5.28. The Kier molecular flexibility index (Phi) is 3.67. The molecule has 0 radical (unpaired) electrons. The van der Waals surface area contributed by atoms with Gasteiger partial charge in [0.15, 0.2) is 0 Å². The molecule has 3 rings (SSSR count). The molecule has 0 aliphatic carbocycles. The molecule has 1 aromatic heterocycles. The van der Waals surface area contributed by atoms with Gasteiger partial charge in [-0.25, -0.2) is 9.18 Å². The molecule has 0 aliphatic rings. The van der Waals surface area contributed by atoms with Crippen LogP contribution in [0.3, 0.4) is 0 Å². The Morgan fingerprint density at radius 2 is 1.86 bits per heavy atom. The van der Waals surface area contributed by atoms with Crippen LogP contribution in [0.5, 0.6) is 0 Å². The van der Waals surface area contributed by atoms with E-state index in [1.54, 1.807) is 12.3 Å². The van der Waals surface area contributed by atoms with Crippen LogP contribution in [0.15, 0.2) is 48.7 Å². The quantitative estimate of drug-likeness (QED) is 0.686. The van der Waals surface area contributed by atoms with Crippen molar-refractivity contribution in [2.45, 2.75) is 13.5 Å². The van der Waals surface area contributed by atoms with Crippen LogP contribution in [0.25, 0.3) is 10.9 Å². The Labute approximate surface area is 127 Å². The van der Waals surface area contributed by atoms with Crippen molar-refractivity contribution < 1.29 is 13.9 Å². The first-order chi connectivity index (χ1) is 10.6. The lowest BCUT2D eigenvalue weighted by Crippen LogP contribution is -2.07. The average Bonchev–Trinajstić information content (AvgIpc) is 2.94. The van der Waals surface area contributed by atoms with Crippen molar-refractivity contribution in [2.24, 2.45) is 0 Å². The van der Waals surface area contributed by atoms with E-state index in [1.165, 1.54) is 24.8 Å². The monoisotopic (exact) mass is 297 g/mol. The number of aryl methyl sites for hydroxylation is 1. The number of carbonyl (C=O) groups excluding carboxylic acids is 1. The zero-order chi connectivity index (χ0) is 15.7. The SMILES string of the molecule is COC(=O)c1ccc(F)c2ccn(Cc3ccc(C)cc3)c12. The zero-order valence-corrected chi connectivity index (χ0v) is 12.5. The third-order valence-electron chi connectivity index (χ3n) is 3.75. The molecular formula is C18H16FNO2. The summed E-state index contributed by atoms with van der Waals surface area (Å²) in [5.41, 5.74) is 3.20. The van der Waals surface area contributed by atoms with Crippen molar-refractivity contribution in [2.75, 3.05) is 7.11 Å². The lowest BCUT2D eigenvalue weighted by molar-refractivity contribution is 0.0602. The topological polar surface area (TPSA) is 31.2 Å². The first-order valence-corrected chi connectivity index (χ1v) is 7.01. The molecule has 22 heavy (non-hydrogen) atoms. The summed E-state index contributed by atoms with van der Waals surface area (Å²) in [6.45, 7) is 2.59. The number of rotatable bonds is 3. The van der Waals surface area contributed by atoms with Gasteiger partial charge in [0.05, 0.1) is 18.2 Å². The van der Waals surface area contributed by atoms with Gasteiger partial charge >= 0.3 is 5.97 Å². The second kappa shape index (κ2) is 5.64. The molecule has 0 amide bonds. The highest BCUT2D eigenvalue weighted by Crippen LogP contribution is 2.25. The number of benzene rings is 2. The van der Waals surface area contributed by atoms with Crippen LogP contribution in [0, 0.1) is 12.7 Å². The fourth-order valence-corrected chi connectivity index (χ4v) is 2.59. The number of carbonyl (C=O) groups is 1. The normalized spacial score (nSPS) is 10.9. The number of halogens is 1. The van der Waals surface area contributed by atoms with E-state index in [1.807, 2.05) is 35.8 Å². The van der Waals surface area contributed by atoms with E-state index >= 15 is 0 Å². The van der Waals surface area contributed by atoms with Crippen molar-refractivity contribution in [1.29, 1.82) is 0 Å². The minimum atomic E-state index is -0.464. The smallest absolute Gasteiger partial charge is 0.340 e. The summed E-state index contributed by atoms with van der Waals surface area (Å²) < 4.78 is 20.6. The Balaban J connectivity index is 2.11. The Morgan fingerprint density at radius 1 is 1.14 bits per heavy atom. The largest absolute Gasteiger partial charge is 0.465 e. The van der Waals surface area contributed by atoms with Crippen LogP contribution >= 0.6 is 0 Å². The summed E-state index contributed by atoms with van der Waals surface area (Å²) in [4.78, 5) is 11.9. The van der Waals surface area contributed by atoms with Gasteiger partial charge in [0.25, 0.3) is 0 Å². The van der Waals surface area contributed by atoms with Gasteiger partial charge in [-0.3, -0.25) is 0 Å². The highest BCUT2D eigenvalue weighted by Gasteiger charge is 2.16. The molecule has 112 valence electrons. The average molecular weight is 297 g/mol. The summed E-state index contributed by atoms with van der Waals surface area (Å²) in [7, 11) is 1.32. The van der Waals surface area contributed by atoms with E-state index in [0.717, 1.165) is 5.56 Å². The number of nitrogens with zero attached hydrogens (tertiary/aromatic N) is 1. The van der Waals surface area contributed by atoms with Gasteiger partial charge in [-0.15, -0.1) is 0 Å². The Bertz CT molecular complexity index is 834. The number of ether oxygens (including phenoxy) is 1. The molecule has 0 spiro atoms. The predicted octanol–water partition coefficient (Wildman–Crippen LogP) is 3.92. The van der Waals surface area contributed by atoms with Crippen LogP contribution in [-0.4, -0.2) is 17.6 Å². The van der Waals surface area contributed by atoms with Gasteiger partial charge in [-0.2, -0.15) is 0 Å². The number of hydrogen-bond donors (Lipinski definition) is 0. The molecular weight excluding hydrogens is 281 g/mol. The van der Waals surface area contributed by atoms with E-state index in [4.69, 9.17) is 4.74 Å². The lowest BCUT2D eigenvalue weighted by atomic mass is 10.1. The molecule has 0 N–H and O–H groups in total. The number of hydrogen-bond acceptors (Lipinski definition) is 2. The molecule has 0 aliphatic heterocycles. The van der Waals surface area contributed by atoms with Crippen molar-refractivity contribution in [3.63, 3.8) is 0 Å². The third-order valence-corrected chi connectivity index (χ3v) is 3.75. The molecule has 1 heterocycles. The van der Waals surface area contributed by atoms with E-state index in [9.17, 15) is 9.18 Å². The van der Waals surface area contributed by atoms with Crippen LogP contribution in [0.4, 0.5) is 4.39 Å². The van der Waals surface area contributed by atoms with E-state index < -0.39 is 5.97 Å². The zero-order valence-electron chi connectivity index (χ0n) is 12.5. The standard InChI is InChI=1S/C18H16FNO2/c1-12-3-5-13(6-4-12)11-20-10-9-14-16(19)8-7-15(17(14)20)18(21)22-2/h3-10H,11H2,1-2H3. The maximum Gasteiger partial charge on any atom is 0.340 e. The fourth-order valence-electron chi connectivity index (χ4n) is 2.59. The Hall–Kier alpha value is -2.62. The van der Waals surface area contributed by atoms with Crippen molar-refractivity contribution >= 4 is 16.9 Å². The van der Waals surface area contributed by atoms with Gasteiger partial charge in [-0.1, -0.05) is 29.8 Å². The minimum Gasteiger partial charge on any atom is -0.465 e. The highest BCUT2D eigenvalue weighted by molar-refractivity contribution is 6.03. The molecule has 2 aromatic carbocycles. The van der Waals surface area contributed by atoms with E-state index in [-0.39, 0.29) is 5.82 Å². The van der Waals surface area contributed by atoms with Gasteiger partial charge < -0.3 is 9.30 Å². The summed E-state index contributed by atoms with van der Waals surface area (Å²) >= 11 is 0. The first-order valence-electron chi connectivity index (χ1n) is 7.01. The molecule has 0 fully saturated rings. The third kappa shape index (κ3) is 2.48. The highest BCUT2D eigenvalue weighted by atomic mass is 19.1. The van der Waals surface area contributed by atoms with E-state index in [2.05, 4.69) is 0 Å². The molecule has 3 aromatic rings. The van der Waals surface area contributed by atoms with Gasteiger partial charge in [0.2, 0.25) is 0 Å². The predicted molar refractivity (Wildman–Crippen MR) is 83.5 cm³/mol. The molecule has 0 saturated heterocycles. The number of fused-ring (bicyclic) bond motifs is 1. The molecule has 0 unspecified atom stereocenters. The maximum atomic E-state index is 14.0. The van der Waals surface area contributed by atoms with Crippen molar-refractivity contribution in [3.05, 3.63) is 71.2 Å². The van der Waals surface area contributed by atoms with Gasteiger partial charge in [0.1, 0.15) is 5.82 Å². The molecule has 0 bridgehead atoms. The number of methoxy groups -OCH3 is 1. The summed E-state index contributed by atoms with van der Waals surface area (Å²) in [6, 6.07) is 12.6. The van der Waals surface area contributed by atoms with Crippen molar-refractivity contribution in [1.82, 2.24) is 4.57 Å². The second-order valence-corrected chi connectivity index (χ2v) is 5.28. The fraction of sp³-hybridized carbons (Fsp3) is 0.167. The van der Waals surface area contributed by atoms with Crippen LogP contribution in [-0.2, 0) is 11.3 Å². The number of aromatic nitrogens is 1. The molecule has 3 nitrogen and oxygen atoms in total. The lowest BCUT2D eigenvalue weighted by Gasteiger charge is -2.10. The summed E-state index contributed by atoms with van der Waals surface area (Å²) in [5, 5.41) is 0.426. The number of esters is 1. The molecule has 4 heteroatoms. The van der Waals surface area contributed by atoms with Crippen LogP contribution in [0.2, 0.25) is 0 Å². The molecule has 0 saturated carbocycles. The van der Waals surface area contributed by atoms with Gasteiger partial charge in [0, 0.05) is 18.1 Å². The van der Waals surface area contributed by atoms with Crippen LogP contribution < -0.4 is 0 Å². The van der Waals surface area contributed by atoms with Crippen molar-refractivity contribution in [3.8, 4) is 0 Å².